The van der Waals surface area contributed by atoms with Crippen LogP contribution in [0, 0.1) is 13.8 Å². The van der Waals surface area contributed by atoms with Gasteiger partial charge in [-0.25, -0.2) is 0 Å². The van der Waals surface area contributed by atoms with Crippen molar-refractivity contribution in [2.45, 2.75) is 38.5 Å². The van der Waals surface area contributed by atoms with Crippen molar-refractivity contribution in [1.82, 2.24) is 5.16 Å². The quantitative estimate of drug-likeness (QED) is 0.651. The molecule has 0 radical (unpaired) electrons. The normalized spacial score (nSPS) is 20.8. The molecule has 29 heavy (non-hydrogen) atoms. The van der Waals surface area contributed by atoms with Gasteiger partial charge in [-0.15, -0.1) is 0 Å². The number of phenolic OH excluding ortho intramolecular Hbond substituents is 1. The van der Waals surface area contributed by atoms with Crippen LogP contribution in [0.3, 0.4) is 0 Å². The molecule has 0 bridgehead atoms. The summed E-state index contributed by atoms with van der Waals surface area (Å²) in [4.78, 5) is 13.4. The van der Waals surface area contributed by atoms with Crippen molar-refractivity contribution in [2.75, 3.05) is 5.32 Å². The number of Topliss-reactive ketones (excluding diaryl/α,β-unsaturated/α-hetero) is 1. The lowest BCUT2D eigenvalue weighted by atomic mass is 9.72. The van der Waals surface area contributed by atoms with Gasteiger partial charge in [-0.3, -0.25) is 4.79 Å². The number of aromatic nitrogens is 1. The zero-order valence-corrected chi connectivity index (χ0v) is 16.4. The molecule has 2 atom stereocenters. The molecule has 2 aliphatic rings. The molecule has 3 aromatic rings. The monoisotopic (exact) mass is 386 g/mol. The number of benzene rings is 2. The maximum atomic E-state index is 13.4. The highest BCUT2D eigenvalue weighted by atomic mass is 16.5. The van der Waals surface area contributed by atoms with Crippen molar-refractivity contribution in [3.8, 4) is 5.75 Å². The predicted molar refractivity (Wildman–Crippen MR) is 110 cm³/mol. The molecule has 2 N–H and O–H groups in total. The van der Waals surface area contributed by atoms with Crippen LogP contribution in [-0.4, -0.2) is 16.0 Å². The standard InChI is InChI=1S/C24H22N2O3/c1-13-7-9-15(10-8-13)22-21-14(2)26-29-24(21)25-18-11-16(12-20(28)23(18)22)17-5-3-4-6-19(17)27/h3-10,16,22,25,27H,11-12H2,1-2H3/t16-,22+/m1/s1. The van der Waals surface area contributed by atoms with Crippen molar-refractivity contribution in [1.29, 1.82) is 0 Å². The fourth-order valence-corrected chi connectivity index (χ4v) is 4.62. The van der Waals surface area contributed by atoms with Crippen molar-refractivity contribution in [2.24, 2.45) is 0 Å². The molecule has 1 aliphatic heterocycles. The number of allylic oxidation sites excluding steroid dienone is 2. The number of phenols is 1. The average Bonchev–Trinajstić information content (AvgIpc) is 3.08. The van der Waals surface area contributed by atoms with Crippen molar-refractivity contribution >= 4 is 11.7 Å². The van der Waals surface area contributed by atoms with Gasteiger partial charge in [0.25, 0.3) is 0 Å². The van der Waals surface area contributed by atoms with E-state index in [1.54, 1.807) is 12.1 Å². The summed E-state index contributed by atoms with van der Waals surface area (Å²) < 4.78 is 5.56. The maximum Gasteiger partial charge on any atom is 0.233 e. The number of hydrogen-bond acceptors (Lipinski definition) is 5. The second-order valence-corrected chi connectivity index (χ2v) is 7.96. The topological polar surface area (TPSA) is 75.4 Å². The van der Waals surface area contributed by atoms with Gasteiger partial charge in [0.1, 0.15) is 5.75 Å². The van der Waals surface area contributed by atoms with Gasteiger partial charge in [-0.2, -0.15) is 0 Å². The van der Waals surface area contributed by atoms with E-state index in [0.29, 0.717) is 18.7 Å². The number of para-hydroxylation sites is 1. The van der Waals surface area contributed by atoms with E-state index in [2.05, 4.69) is 41.7 Å². The molecule has 5 heteroatoms. The van der Waals surface area contributed by atoms with Gasteiger partial charge in [-0.1, -0.05) is 53.2 Å². The number of aryl methyl sites for hydroxylation is 2. The zero-order chi connectivity index (χ0) is 20.1. The van der Waals surface area contributed by atoms with Crippen LogP contribution in [0.15, 0.2) is 64.3 Å². The third-order valence-corrected chi connectivity index (χ3v) is 6.05. The van der Waals surface area contributed by atoms with Crippen molar-refractivity contribution in [3.63, 3.8) is 0 Å². The second kappa shape index (κ2) is 6.62. The molecule has 1 aromatic heterocycles. The van der Waals surface area contributed by atoms with Gasteiger partial charge in [0.05, 0.1) is 11.3 Å². The molecule has 0 saturated heterocycles. The first-order valence-corrected chi connectivity index (χ1v) is 9.87. The number of nitrogens with zero attached hydrogens (tertiary/aromatic N) is 1. The van der Waals surface area contributed by atoms with E-state index in [4.69, 9.17) is 4.52 Å². The summed E-state index contributed by atoms with van der Waals surface area (Å²) >= 11 is 0. The number of hydrogen-bond donors (Lipinski definition) is 2. The van der Waals surface area contributed by atoms with Crippen LogP contribution >= 0.6 is 0 Å². The molecule has 5 nitrogen and oxygen atoms in total. The molecule has 2 aromatic carbocycles. The number of nitrogens with one attached hydrogen (secondary N) is 1. The fraction of sp³-hybridized carbons (Fsp3) is 0.250. The number of carbonyl (C=O) groups is 1. The van der Waals surface area contributed by atoms with E-state index in [0.717, 1.165) is 33.7 Å². The molecule has 0 spiro atoms. The smallest absolute Gasteiger partial charge is 0.233 e. The summed E-state index contributed by atoms with van der Waals surface area (Å²) in [5.74, 6) is 0.683. The molecular formula is C24H22N2O3. The number of fused-ring (bicyclic) bond motifs is 1. The molecule has 0 unspecified atom stereocenters. The Bertz CT molecular complexity index is 1140. The van der Waals surface area contributed by atoms with Gasteiger partial charge >= 0.3 is 0 Å². The molecule has 5 rings (SSSR count). The largest absolute Gasteiger partial charge is 0.508 e. The van der Waals surface area contributed by atoms with Gasteiger partial charge in [0, 0.05) is 29.5 Å². The van der Waals surface area contributed by atoms with E-state index in [1.807, 2.05) is 19.1 Å². The van der Waals surface area contributed by atoms with Crippen LogP contribution in [-0.2, 0) is 4.79 Å². The Labute approximate surface area is 169 Å². The highest BCUT2D eigenvalue weighted by Gasteiger charge is 2.41. The van der Waals surface area contributed by atoms with Gasteiger partial charge in [0.15, 0.2) is 5.78 Å². The Morgan fingerprint density at radius 3 is 2.59 bits per heavy atom. The molecule has 0 amide bonds. The predicted octanol–water partition coefficient (Wildman–Crippen LogP) is 4.96. The minimum atomic E-state index is -0.189. The Balaban J connectivity index is 1.63. The first-order chi connectivity index (χ1) is 14.0. The van der Waals surface area contributed by atoms with E-state index in [1.165, 1.54) is 5.56 Å². The number of aromatic hydroxyl groups is 1. The summed E-state index contributed by atoms with van der Waals surface area (Å²) in [6.45, 7) is 3.96. The first-order valence-electron chi connectivity index (χ1n) is 9.87. The summed E-state index contributed by atoms with van der Waals surface area (Å²) in [6, 6.07) is 15.5. The van der Waals surface area contributed by atoms with Crippen LogP contribution in [0.2, 0.25) is 0 Å². The summed E-state index contributed by atoms with van der Waals surface area (Å²) in [5, 5.41) is 17.8. The van der Waals surface area contributed by atoms with Gasteiger partial charge in [0.2, 0.25) is 5.88 Å². The maximum absolute atomic E-state index is 13.4. The molecular weight excluding hydrogens is 364 g/mol. The lowest BCUT2D eigenvalue weighted by Crippen LogP contribution is -2.29. The summed E-state index contributed by atoms with van der Waals surface area (Å²) in [7, 11) is 0. The molecule has 1 aliphatic carbocycles. The minimum Gasteiger partial charge on any atom is -0.508 e. The number of carbonyl (C=O) groups excluding carboxylic acids is 1. The van der Waals surface area contributed by atoms with Crippen LogP contribution < -0.4 is 5.32 Å². The highest BCUT2D eigenvalue weighted by molar-refractivity contribution is 6.01. The SMILES string of the molecule is Cc1ccc([C@@H]2C3=C(C[C@@H](c4ccccc4O)CC3=O)Nc3onc(C)c32)cc1. The van der Waals surface area contributed by atoms with Crippen LogP contribution in [0.5, 0.6) is 5.75 Å². The molecule has 0 fully saturated rings. The number of rotatable bonds is 2. The van der Waals surface area contributed by atoms with E-state index in [9.17, 15) is 9.90 Å². The number of anilines is 1. The third-order valence-electron chi connectivity index (χ3n) is 6.05. The second-order valence-electron chi connectivity index (χ2n) is 7.96. The Morgan fingerprint density at radius 2 is 1.83 bits per heavy atom. The molecule has 0 saturated carbocycles. The fourth-order valence-electron chi connectivity index (χ4n) is 4.62. The van der Waals surface area contributed by atoms with Crippen molar-refractivity contribution in [3.05, 3.63) is 87.7 Å². The van der Waals surface area contributed by atoms with E-state index >= 15 is 0 Å². The zero-order valence-electron chi connectivity index (χ0n) is 16.4. The lowest BCUT2D eigenvalue weighted by molar-refractivity contribution is -0.116. The van der Waals surface area contributed by atoms with E-state index in [-0.39, 0.29) is 23.4 Å². The van der Waals surface area contributed by atoms with Crippen LogP contribution in [0.25, 0.3) is 0 Å². The minimum absolute atomic E-state index is 0.0702. The summed E-state index contributed by atoms with van der Waals surface area (Å²) in [5.41, 5.74) is 6.42. The Kier molecular flexibility index (Phi) is 4.05. The van der Waals surface area contributed by atoms with Crippen LogP contribution in [0.1, 0.15) is 52.6 Å². The van der Waals surface area contributed by atoms with E-state index < -0.39 is 0 Å². The molecule has 146 valence electrons. The Morgan fingerprint density at radius 1 is 1.07 bits per heavy atom. The van der Waals surface area contributed by atoms with Crippen molar-refractivity contribution < 1.29 is 14.4 Å². The lowest BCUT2D eigenvalue weighted by Gasteiger charge is -2.34. The average molecular weight is 386 g/mol. The first kappa shape index (κ1) is 17.7. The summed E-state index contributed by atoms with van der Waals surface area (Å²) in [6.07, 6.45) is 1.01. The Hall–Kier alpha value is -3.34. The number of ketones is 1. The third kappa shape index (κ3) is 2.85. The van der Waals surface area contributed by atoms with Crippen LogP contribution in [0.4, 0.5) is 5.88 Å². The molecule has 2 heterocycles. The van der Waals surface area contributed by atoms with Gasteiger partial charge < -0.3 is 14.9 Å². The van der Waals surface area contributed by atoms with Gasteiger partial charge in [-0.05, 0) is 37.5 Å². The highest BCUT2D eigenvalue weighted by Crippen LogP contribution is 2.49.